The summed E-state index contributed by atoms with van der Waals surface area (Å²) in [7, 11) is 3.55. The first-order valence-electron chi connectivity index (χ1n) is 7.50. The Kier molecular flexibility index (Phi) is 4.14. The van der Waals surface area contributed by atoms with Crippen molar-refractivity contribution in [3.8, 4) is 17.2 Å². The Morgan fingerprint density at radius 3 is 2.95 bits per heavy atom. The van der Waals surface area contributed by atoms with Crippen molar-refractivity contribution >= 4 is 0 Å². The molecule has 0 amide bonds. The number of nitrogens with one attached hydrogen (secondary N) is 1. The first-order valence-corrected chi connectivity index (χ1v) is 7.50. The molecule has 0 saturated heterocycles. The number of nitrogens with zero attached hydrogens (tertiary/aromatic N) is 1. The van der Waals surface area contributed by atoms with Crippen LogP contribution in [0.4, 0.5) is 0 Å². The fraction of sp³-hybridized carbons (Fsp3) is 0.600. The van der Waals surface area contributed by atoms with Crippen LogP contribution in [0, 0.1) is 5.21 Å². The summed E-state index contributed by atoms with van der Waals surface area (Å²) in [6, 6.07) is 1.25. The largest absolute Gasteiger partial charge is 0.600 e. The summed E-state index contributed by atoms with van der Waals surface area (Å²) in [4.78, 5) is 2.09. The fourth-order valence-electron chi connectivity index (χ4n) is 3.51. The number of likely N-dealkylation sites (N-methyl/N-ethyl adjacent to an activating group) is 1. The Hall–Kier alpha value is -1.54. The summed E-state index contributed by atoms with van der Waals surface area (Å²) in [6.45, 7) is 2.88. The van der Waals surface area contributed by atoms with Crippen LogP contribution in [0.15, 0.2) is 6.07 Å². The molecule has 22 heavy (non-hydrogen) atoms. The highest BCUT2D eigenvalue weighted by molar-refractivity contribution is 5.62. The van der Waals surface area contributed by atoms with E-state index < -0.39 is 11.3 Å². The number of hydroxylamine groups is 2. The van der Waals surface area contributed by atoms with Crippen molar-refractivity contribution in [2.24, 2.45) is 0 Å². The summed E-state index contributed by atoms with van der Waals surface area (Å²) >= 11 is 0. The van der Waals surface area contributed by atoms with Crippen LogP contribution in [-0.4, -0.2) is 43.6 Å². The molecule has 0 bridgehead atoms. The van der Waals surface area contributed by atoms with Crippen LogP contribution >= 0.6 is 0 Å². The Bertz CT molecular complexity index is 563. The monoisotopic (exact) mass is 310 g/mol. The topological polar surface area (TPSA) is 78.7 Å². The predicted octanol–water partition coefficient (Wildman–Crippen LogP) is 0.503. The molecule has 7 nitrogen and oxygen atoms in total. The number of hydrogen-bond acceptors (Lipinski definition) is 6. The van der Waals surface area contributed by atoms with Crippen LogP contribution in [0.5, 0.6) is 17.2 Å². The van der Waals surface area contributed by atoms with Crippen molar-refractivity contribution in [2.45, 2.75) is 31.8 Å². The van der Waals surface area contributed by atoms with Gasteiger partial charge < -0.3 is 19.4 Å². The van der Waals surface area contributed by atoms with E-state index >= 15 is 0 Å². The van der Waals surface area contributed by atoms with Crippen molar-refractivity contribution < 1.29 is 24.6 Å². The van der Waals surface area contributed by atoms with E-state index in [1.807, 2.05) is 20.0 Å². The summed E-state index contributed by atoms with van der Waals surface area (Å²) in [6.07, 6.45) is 1.40. The molecule has 2 aliphatic rings. The van der Waals surface area contributed by atoms with Gasteiger partial charge in [0.05, 0.1) is 13.2 Å². The zero-order valence-corrected chi connectivity index (χ0v) is 13.1. The lowest BCUT2D eigenvalue weighted by atomic mass is 9.86. The van der Waals surface area contributed by atoms with Gasteiger partial charge in [0.2, 0.25) is 12.5 Å². The van der Waals surface area contributed by atoms with Crippen molar-refractivity contribution in [3.63, 3.8) is 0 Å². The van der Waals surface area contributed by atoms with Gasteiger partial charge >= 0.3 is 0 Å². The summed E-state index contributed by atoms with van der Waals surface area (Å²) in [5, 5.41) is 20.5. The highest BCUT2D eigenvalue weighted by Gasteiger charge is 2.40. The van der Waals surface area contributed by atoms with Gasteiger partial charge in [0.1, 0.15) is 6.04 Å². The van der Waals surface area contributed by atoms with Gasteiger partial charge in [0, 0.05) is 18.5 Å². The van der Waals surface area contributed by atoms with Crippen LogP contribution in [-0.2, 0) is 6.42 Å². The average molecular weight is 310 g/mol. The number of ether oxygens (including phenoxy) is 3. The zero-order valence-electron chi connectivity index (χ0n) is 13.1. The minimum absolute atomic E-state index is 0.172. The molecule has 2 N–H and O–H groups in total. The first-order chi connectivity index (χ1) is 10.6. The van der Waals surface area contributed by atoms with E-state index in [4.69, 9.17) is 14.2 Å². The van der Waals surface area contributed by atoms with E-state index in [1.54, 1.807) is 7.11 Å². The van der Waals surface area contributed by atoms with Gasteiger partial charge in [-0.3, -0.25) is 4.90 Å². The summed E-state index contributed by atoms with van der Waals surface area (Å²) < 4.78 is 16.6. The number of quaternary nitrogens is 1. The summed E-state index contributed by atoms with van der Waals surface area (Å²) in [5.74, 6) is 1.88. The molecular weight excluding hydrogens is 288 g/mol. The van der Waals surface area contributed by atoms with Crippen molar-refractivity contribution in [2.75, 3.05) is 27.5 Å². The molecule has 1 unspecified atom stereocenters. The van der Waals surface area contributed by atoms with Gasteiger partial charge in [0.15, 0.2) is 11.5 Å². The lowest BCUT2D eigenvalue weighted by molar-refractivity contribution is -1.07. The van der Waals surface area contributed by atoms with Gasteiger partial charge in [-0.25, -0.2) is 10.4 Å². The molecular formula is C15H22N2O5. The molecule has 1 aromatic carbocycles. The van der Waals surface area contributed by atoms with Crippen LogP contribution in [0.25, 0.3) is 0 Å². The maximum absolute atomic E-state index is 11.7. The van der Waals surface area contributed by atoms with Gasteiger partial charge in [-0.1, -0.05) is 6.92 Å². The number of methoxy groups -OCH3 is 1. The first kappa shape index (κ1) is 15.4. The van der Waals surface area contributed by atoms with Gasteiger partial charge in [-0.2, -0.15) is 0 Å². The smallest absolute Gasteiger partial charge is 0.231 e. The second-order valence-electron chi connectivity index (χ2n) is 5.74. The minimum Gasteiger partial charge on any atom is -0.600 e. The van der Waals surface area contributed by atoms with Crippen molar-refractivity contribution in [3.05, 3.63) is 22.4 Å². The molecule has 7 heteroatoms. The quantitative estimate of drug-likeness (QED) is 0.789. The minimum atomic E-state index is -0.785. The molecule has 0 radical (unpaired) electrons. The molecule has 2 aliphatic heterocycles. The fourth-order valence-corrected chi connectivity index (χ4v) is 3.51. The normalized spacial score (nSPS) is 23.0. The Labute approximate surface area is 129 Å². The van der Waals surface area contributed by atoms with Crippen LogP contribution < -0.4 is 19.4 Å². The number of fused-ring (bicyclic) bond motifs is 2. The lowest BCUT2D eigenvalue weighted by Gasteiger charge is -2.41. The van der Waals surface area contributed by atoms with Crippen molar-refractivity contribution in [1.82, 2.24) is 4.90 Å². The molecule has 0 aromatic heterocycles. The third-order valence-corrected chi connectivity index (χ3v) is 4.59. The second kappa shape index (κ2) is 5.92. The van der Waals surface area contributed by atoms with E-state index in [9.17, 15) is 10.4 Å². The maximum atomic E-state index is 11.7. The Morgan fingerprint density at radius 2 is 2.32 bits per heavy atom. The number of benzene rings is 1. The number of hydrogen-bond donors (Lipinski definition) is 2. The van der Waals surface area contributed by atoms with Crippen LogP contribution in [0.2, 0.25) is 0 Å². The van der Waals surface area contributed by atoms with E-state index in [-0.39, 0.29) is 12.8 Å². The van der Waals surface area contributed by atoms with E-state index in [0.29, 0.717) is 23.7 Å². The van der Waals surface area contributed by atoms with Crippen LogP contribution in [0.1, 0.15) is 30.5 Å². The standard InChI is InChI=1S/C15H22N2O5/c1-4-10(17(18)19)13-12-9(5-6-16(13)2)7-11-14(15(12)20-3)22-8-21-11/h7,10,13,17-18H,4-6,8H2,1-3H3/t10-,13+/m1/s1. The van der Waals surface area contributed by atoms with E-state index in [1.165, 1.54) is 0 Å². The van der Waals surface area contributed by atoms with Gasteiger partial charge in [-0.15, -0.1) is 0 Å². The lowest BCUT2D eigenvalue weighted by Crippen LogP contribution is -3.10. The highest BCUT2D eigenvalue weighted by Crippen LogP contribution is 2.49. The molecule has 0 fully saturated rings. The average Bonchev–Trinajstić information content (AvgIpc) is 2.95. The molecule has 0 saturated carbocycles. The Morgan fingerprint density at radius 1 is 1.55 bits per heavy atom. The highest BCUT2D eigenvalue weighted by atomic mass is 16.8. The van der Waals surface area contributed by atoms with Crippen molar-refractivity contribution in [1.29, 1.82) is 0 Å². The molecule has 0 aliphatic carbocycles. The van der Waals surface area contributed by atoms with E-state index in [2.05, 4.69) is 4.90 Å². The van der Waals surface area contributed by atoms with Gasteiger partial charge in [-0.05, 0) is 25.1 Å². The predicted molar refractivity (Wildman–Crippen MR) is 78.4 cm³/mol. The SMILES string of the molecule is CC[C@H]([C@H]1c2c(cc3c(c2OC)OCO3)CCN1C)[NH+]([O-])O. The molecule has 0 spiro atoms. The second-order valence-corrected chi connectivity index (χ2v) is 5.74. The molecule has 1 aromatic rings. The van der Waals surface area contributed by atoms with Gasteiger partial charge in [0.25, 0.3) is 0 Å². The van der Waals surface area contributed by atoms with Crippen LogP contribution in [0.3, 0.4) is 0 Å². The third kappa shape index (κ3) is 2.30. The maximum Gasteiger partial charge on any atom is 0.231 e. The Balaban J connectivity index is 2.16. The van der Waals surface area contributed by atoms with E-state index in [0.717, 1.165) is 24.1 Å². The number of rotatable bonds is 4. The molecule has 2 heterocycles. The zero-order chi connectivity index (χ0) is 15.9. The summed E-state index contributed by atoms with van der Waals surface area (Å²) in [5.41, 5.74) is 2.01. The molecule has 3 atom stereocenters. The molecule has 3 rings (SSSR count). The third-order valence-electron chi connectivity index (χ3n) is 4.59. The molecule has 122 valence electrons.